The first-order chi connectivity index (χ1) is 9.34. The van der Waals surface area contributed by atoms with E-state index in [1.165, 1.54) is 25.1 Å². The van der Waals surface area contributed by atoms with Crippen molar-refractivity contribution < 1.29 is 17.6 Å². The molecule has 0 spiro atoms. The fourth-order valence-corrected chi connectivity index (χ4v) is 2.42. The summed E-state index contributed by atoms with van der Waals surface area (Å²) in [6.07, 6.45) is 0. The lowest BCUT2D eigenvalue weighted by Gasteiger charge is -2.16. The largest absolute Gasteiger partial charge is 0.320 e. The maximum absolute atomic E-state index is 13.9. The maximum atomic E-state index is 13.9. The van der Waals surface area contributed by atoms with Crippen molar-refractivity contribution in [1.82, 2.24) is 0 Å². The van der Waals surface area contributed by atoms with Gasteiger partial charge in [-0.15, -0.1) is 0 Å². The lowest BCUT2D eigenvalue weighted by molar-refractivity contribution is 0.486. The van der Waals surface area contributed by atoms with Gasteiger partial charge in [0, 0.05) is 5.56 Å². The van der Waals surface area contributed by atoms with Crippen molar-refractivity contribution in [2.24, 2.45) is 5.73 Å². The molecular formula is C14H10BrF4N. The van der Waals surface area contributed by atoms with Crippen LogP contribution in [0, 0.1) is 30.2 Å². The van der Waals surface area contributed by atoms with E-state index in [1.807, 2.05) is 0 Å². The van der Waals surface area contributed by atoms with Gasteiger partial charge in [-0.2, -0.15) is 0 Å². The molecule has 6 heteroatoms. The predicted molar refractivity (Wildman–Crippen MR) is 71.2 cm³/mol. The van der Waals surface area contributed by atoms with Crippen LogP contribution in [0.15, 0.2) is 28.7 Å². The van der Waals surface area contributed by atoms with Gasteiger partial charge in [-0.1, -0.05) is 18.2 Å². The van der Waals surface area contributed by atoms with Crippen LogP contribution in [0.4, 0.5) is 17.6 Å². The SMILES string of the molecule is Cc1ccc(C(N)c2ccc(F)c(F)c2Br)c(F)c1F. The topological polar surface area (TPSA) is 26.0 Å². The van der Waals surface area contributed by atoms with Crippen molar-refractivity contribution in [2.75, 3.05) is 0 Å². The standard InChI is InChI=1S/C14H10BrF4N/c1-6-2-3-8(12(18)11(6)17)14(20)7-4-5-9(16)13(19)10(7)15/h2-5,14H,20H2,1H3. The Kier molecular flexibility index (Phi) is 4.15. The van der Waals surface area contributed by atoms with E-state index in [-0.39, 0.29) is 21.2 Å². The van der Waals surface area contributed by atoms with Crippen LogP contribution in [0.25, 0.3) is 0 Å². The first-order valence-corrected chi connectivity index (χ1v) is 6.47. The van der Waals surface area contributed by atoms with E-state index in [9.17, 15) is 17.6 Å². The number of aryl methyl sites for hydroxylation is 1. The Hall–Kier alpha value is -1.40. The minimum Gasteiger partial charge on any atom is -0.320 e. The Morgan fingerprint density at radius 1 is 0.900 bits per heavy atom. The zero-order valence-corrected chi connectivity index (χ0v) is 11.9. The molecule has 0 aliphatic carbocycles. The second kappa shape index (κ2) is 5.54. The molecular weight excluding hydrogens is 338 g/mol. The number of hydrogen-bond donors (Lipinski definition) is 1. The van der Waals surface area contributed by atoms with Crippen molar-refractivity contribution in [2.45, 2.75) is 13.0 Å². The van der Waals surface area contributed by atoms with Crippen LogP contribution < -0.4 is 5.73 Å². The minimum atomic E-state index is -1.12. The Bertz CT molecular complexity index is 615. The van der Waals surface area contributed by atoms with Gasteiger partial charge in [0.25, 0.3) is 0 Å². The van der Waals surface area contributed by atoms with Crippen molar-refractivity contribution >= 4 is 15.9 Å². The summed E-state index contributed by atoms with van der Waals surface area (Å²) in [6, 6.07) is 3.70. The lowest BCUT2D eigenvalue weighted by atomic mass is 9.97. The Balaban J connectivity index is 2.55. The van der Waals surface area contributed by atoms with Crippen LogP contribution in [-0.4, -0.2) is 0 Å². The van der Waals surface area contributed by atoms with E-state index in [1.54, 1.807) is 0 Å². The molecule has 20 heavy (non-hydrogen) atoms. The quantitative estimate of drug-likeness (QED) is 0.633. The summed E-state index contributed by atoms with van der Waals surface area (Å²) in [4.78, 5) is 0. The molecule has 0 radical (unpaired) electrons. The molecule has 0 amide bonds. The molecule has 0 aliphatic rings. The second-order valence-corrected chi connectivity index (χ2v) is 5.13. The molecule has 2 aromatic rings. The lowest BCUT2D eigenvalue weighted by Crippen LogP contribution is -2.16. The molecule has 0 aromatic heterocycles. The maximum Gasteiger partial charge on any atom is 0.173 e. The van der Waals surface area contributed by atoms with Crippen molar-refractivity contribution in [3.8, 4) is 0 Å². The molecule has 0 fully saturated rings. The minimum absolute atomic E-state index is 0.125. The van der Waals surface area contributed by atoms with Crippen molar-refractivity contribution in [1.29, 1.82) is 0 Å². The monoisotopic (exact) mass is 347 g/mol. The molecule has 0 aliphatic heterocycles. The van der Waals surface area contributed by atoms with Gasteiger partial charge in [-0.05, 0) is 40.0 Å². The number of nitrogens with two attached hydrogens (primary N) is 1. The number of hydrogen-bond acceptors (Lipinski definition) is 1. The Morgan fingerprint density at radius 2 is 1.50 bits per heavy atom. The van der Waals surface area contributed by atoms with Crippen LogP contribution in [0.2, 0.25) is 0 Å². The van der Waals surface area contributed by atoms with Gasteiger partial charge < -0.3 is 5.73 Å². The van der Waals surface area contributed by atoms with E-state index in [0.717, 1.165) is 6.07 Å². The second-order valence-electron chi connectivity index (χ2n) is 4.34. The van der Waals surface area contributed by atoms with Gasteiger partial charge in [0.1, 0.15) is 0 Å². The first-order valence-electron chi connectivity index (χ1n) is 5.68. The van der Waals surface area contributed by atoms with Crippen LogP contribution in [0.5, 0.6) is 0 Å². The van der Waals surface area contributed by atoms with E-state index in [0.29, 0.717) is 0 Å². The zero-order chi connectivity index (χ0) is 15.0. The van der Waals surface area contributed by atoms with E-state index < -0.39 is 29.3 Å². The summed E-state index contributed by atoms with van der Waals surface area (Å²) >= 11 is 2.88. The third-order valence-electron chi connectivity index (χ3n) is 3.04. The molecule has 106 valence electrons. The van der Waals surface area contributed by atoms with Gasteiger partial charge in [0.15, 0.2) is 23.3 Å². The fraction of sp³-hybridized carbons (Fsp3) is 0.143. The van der Waals surface area contributed by atoms with Crippen LogP contribution >= 0.6 is 15.9 Å². The summed E-state index contributed by atoms with van der Waals surface area (Å²) in [5.41, 5.74) is 5.98. The Labute approximate surface area is 121 Å². The zero-order valence-electron chi connectivity index (χ0n) is 10.4. The smallest absolute Gasteiger partial charge is 0.173 e. The average Bonchev–Trinajstić information content (AvgIpc) is 2.42. The highest BCUT2D eigenvalue weighted by Gasteiger charge is 2.22. The average molecular weight is 348 g/mol. The summed E-state index contributed by atoms with van der Waals surface area (Å²) in [5, 5.41) is 0. The van der Waals surface area contributed by atoms with E-state index >= 15 is 0 Å². The molecule has 2 N–H and O–H groups in total. The number of benzene rings is 2. The molecule has 1 unspecified atom stereocenters. The summed E-state index contributed by atoms with van der Waals surface area (Å²) in [7, 11) is 0. The van der Waals surface area contributed by atoms with Crippen LogP contribution in [-0.2, 0) is 0 Å². The molecule has 1 nitrogen and oxygen atoms in total. The van der Waals surface area contributed by atoms with Crippen LogP contribution in [0.1, 0.15) is 22.7 Å². The third-order valence-corrected chi connectivity index (χ3v) is 3.85. The molecule has 2 aromatic carbocycles. The number of halogens is 5. The predicted octanol–water partition coefficient (Wildman–Crippen LogP) is 4.36. The Morgan fingerprint density at radius 3 is 2.15 bits per heavy atom. The molecule has 0 bridgehead atoms. The van der Waals surface area contributed by atoms with Crippen molar-refractivity contribution in [3.05, 3.63) is 68.7 Å². The third kappa shape index (κ3) is 2.45. The molecule has 1 atom stereocenters. The van der Waals surface area contributed by atoms with Gasteiger partial charge in [-0.3, -0.25) is 0 Å². The highest BCUT2D eigenvalue weighted by molar-refractivity contribution is 9.10. The molecule has 0 heterocycles. The highest BCUT2D eigenvalue weighted by atomic mass is 79.9. The summed E-state index contributed by atoms with van der Waals surface area (Å²) in [5.74, 6) is -4.26. The van der Waals surface area contributed by atoms with Crippen LogP contribution in [0.3, 0.4) is 0 Å². The van der Waals surface area contributed by atoms with E-state index in [2.05, 4.69) is 15.9 Å². The highest BCUT2D eigenvalue weighted by Crippen LogP contribution is 2.32. The van der Waals surface area contributed by atoms with Gasteiger partial charge in [0.2, 0.25) is 0 Å². The molecule has 0 saturated heterocycles. The molecule has 2 rings (SSSR count). The summed E-state index contributed by atoms with van der Waals surface area (Å²) in [6.45, 7) is 1.42. The first kappa shape index (κ1) is 15.0. The molecule has 0 saturated carbocycles. The summed E-state index contributed by atoms with van der Waals surface area (Å²) < 4.78 is 53.7. The number of rotatable bonds is 2. The van der Waals surface area contributed by atoms with Gasteiger partial charge >= 0.3 is 0 Å². The fourth-order valence-electron chi connectivity index (χ4n) is 1.85. The van der Waals surface area contributed by atoms with Gasteiger partial charge in [-0.25, -0.2) is 17.6 Å². The normalized spacial score (nSPS) is 12.6. The van der Waals surface area contributed by atoms with Gasteiger partial charge in [0.05, 0.1) is 10.5 Å². The van der Waals surface area contributed by atoms with E-state index in [4.69, 9.17) is 5.73 Å². The van der Waals surface area contributed by atoms with Crippen molar-refractivity contribution in [3.63, 3.8) is 0 Å².